The molecule has 2 aliphatic heterocycles. The first-order chi connectivity index (χ1) is 16.7. The number of halogens is 3. The molecular weight excluding hydrogens is 471 g/mol. The Kier molecular flexibility index (Phi) is 6.61. The smallest absolute Gasteiger partial charge is 0.322 e. The molecule has 0 aliphatic carbocycles. The minimum atomic E-state index is -2.74. The SMILES string of the molecule is CN1OC(C(=O)NCC(F)F)Cn2nc3c(c2C1=O)CN(C(=O)Nc1ccc(F)c(C#N)c1)CC3. The lowest BCUT2D eigenvalue weighted by Gasteiger charge is -2.27. The molecule has 1 aromatic carbocycles. The lowest BCUT2D eigenvalue weighted by atomic mass is 10.1. The number of hydroxylamine groups is 2. The highest BCUT2D eigenvalue weighted by Crippen LogP contribution is 2.27. The molecule has 2 N–H and O–H groups in total. The van der Waals surface area contributed by atoms with Crippen molar-refractivity contribution in [1.29, 1.82) is 5.26 Å². The fraction of sp³-hybridized carbons (Fsp3) is 0.381. The van der Waals surface area contributed by atoms with Crippen molar-refractivity contribution in [2.24, 2.45) is 0 Å². The first-order valence-corrected chi connectivity index (χ1v) is 10.5. The van der Waals surface area contributed by atoms with Crippen LogP contribution in [0.5, 0.6) is 0 Å². The minimum Gasteiger partial charge on any atom is -0.348 e. The number of anilines is 1. The van der Waals surface area contributed by atoms with Gasteiger partial charge in [-0.05, 0) is 18.2 Å². The highest BCUT2D eigenvalue weighted by Gasteiger charge is 2.37. The largest absolute Gasteiger partial charge is 0.348 e. The number of benzene rings is 1. The Morgan fingerprint density at radius 2 is 2.14 bits per heavy atom. The van der Waals surface area contributed by atoms with Crippen LogP contribution in [-0.4, -0.2) is 70.3 Å². The zero-order chi connectivity index (χ0) is 25.3. The highest BCUT2D eigenvalue weighted by atomic mass is 19.3. The third-order valence-corrected chi connectivity index (χ3v) is 5.56. The number of nitriles is 1. The molecule has 35 heavy (non-hydrogen) atoms. The first-order valence-electron chi connectivity index (χ1n) is 10.5. The molecule has 0 fully saturated rings. The number of carbonyl (C=O) groups excluding carboxylic acids is 3. The number of alkyl halides is 2. The Hall–Kier alpha value is -4.12. The van der Waals surface area contributed by atoms with E-state index in [0.29, 0.717) is 17.7 Å². The van der Waals surface area contributed by atoms with Gasteiger partial charge in [0.2, 0.25) is 0 Å². The summed E-state index contributed by atoms with van der Waals surface area (Å²) in [5.41, 5.74) is 1.17. The number of hydrogen-bond acceptors (Lipinski definition) is 6. The van der Waals surface area contributed by atoms with Crippen molar-refractivity contribution in [3.8, 4) is 6.07 Å². The van der Waals surface area contributed by atoms with E-state index in [9.17, 15) is 27.6 Å². The van der Waals surface area contributed by atoms with Crippen LogP contribution in [0, 0.1) is 17.1 Å². The summed E-state index contributed by atoms with van der Waals surface area (Å²) in [6.07, 6.45) is -3.69. The van der Waals surface area contributed by atoms with Crippen LogP contribution in [0.4, 0.5) is 23.7 Å². The second kappa shape index (κ2) is 9.63. The van der Waals surface area contributed by atoms with Crippen LogP contribution < -0.4 is 10.6 Å². The molecule has 4 amide bonds. The lowest BCUT2D eigenvalue weighted by molar-refractivity contribution is -0.168. The second-order valence-electron chi connectivity index (χ2n) is 7.90. The van der Waals surface area contributed by atoms with Gasteiger partial charge in [-0.1, -0.05) is 0 Å². The van der Waals surface area contributed by atoms with Crippen molar-refractivity contribution in [1.82, 2.24) is 25.1 Å². The molecule has 2 aromatic rings. The normalized spacial score (nSPS) is 17.4. The first kappa shape index (κ1) is 24.0. The van der Waals surface area contributed by atoms with E-state index in [-0.39, 0.29) is 36.6 Å². The number of nitrogens with zero attached hydrogens (tertiary/aromatic N) is 5. The molecule has 0 bridgehead atoms. The van der Waals surface area contributed by atoms with Crippen molar-refractivity contribution in [3.63, 3.8) is 0 Å². The predicted molar refractivity (Wildman–Crippen MR) is 112 cm³/mol. The number of carbonyl (C=O) groups is 3. The monoisotopic (exact) mass is 491 g/mol. The molecule has 184 valence electrons. The van der Waals surface area contributed by atoms with Gasteiger partial charge in [-0.2, -0.15) is 10.4 Å². The van der Waals surface area contributed by atoms with Crippen molar-refractivity contribution in [2.75, 3.05) is 25.5 Å². The molecule has 1 atom stereocenters. The van der Waals surface area contributed by atoms with Crippen LogP contribution >= 0.6 is 0 Å². The van der Waals surface area contributed by atoms with Gasteiger partial charge in [0.05, 0.1) is 30.9 Å². The molecule has 0 radical (unpaired) electrons. The van der Waals surface area contributed by atoms with E-state index in [1.807, 2.05) is 0 Å². The molecule has 0 spiro atoms. The summed E-state index contributed by atoms with van der Waals surface area (Å²) in [7, 11) is 1.29. The number of urea groups is 1. The number of hydrogen-bond donors (Lipinski definition) is 2. The third kappa shape index (κ3) is 4.90. The van der Waals surface area contributed by atoms with E-state index in [2.05, 4.69) is 15.7 Å². The average molecular weight is 491 g/mol. The molecular formula is C21H20F3N7O4. The maximum absolute atomic E-state index is 13.6. The number of nitrogens with one attached hydrogen (secondary N) is 2. The summed E-state index contributed by atoms with van der Waals surface area (Å²) < 4.78 is 39.8. The van der Waals surface area contributed by atoms with Crippen molar-refractivity contribution >= 4 is 23.5 Å². The van der Waals surface area contributed by atoms with Gasteiger partial charge in [-0.3, -0.25) is 19.1 Å². The lowest BCUT2D eigenvalue weighted by Crippen LogP contribution is -2.43. The van der Waals surface area contributed by atoms with Crippen LogP contribution in [0.1, 0.15) is 27.3 Å². The van der Waals surface area contributed by atoms with Crippen LogP contribution in [0.15, 0.2) is 18.2 Å². The third-order valence-electron chi connectivity index (χ3n) is 5.56. The van der Waals surface area contributed by atoms with Gasteiger partial charge < -0.3 is 15.5 Å². The van der Waals surface area contributed by atoms with Gasteiger partial charge in [0.15, 0.2) is 6.10 Å². The molecule has 1 unspecified atom stereocenters. The van der Waals surface area contributed by atoms with Gasteiger partial charge in [0.25, 0.3) is 18.2 Å². The van der Waals surface area contributed by atoms with E-state index in [4.69, 9.17) is 10.1 Å². The van der Waals surface area contributed by atoms with Crippen molar-refractivity contribution < 1.29 is 32.4 Å². The van der Waals surface area contributed by atoms with Gasteiger partial charge >= 0.3 is 6.03 Å². The number of fused-ring (bicyclic) bond motifs is 3. The van der Waals surface area contributed by atoms with E-state index in [1.54, 1.807) is 6.07 Å². The Bertz CT molecular complexity index is 1230. The molecule has 3 heterocycles. The number of amides is 4. The topological polar surface area (TPSA) is 133 Å². The number of aromatic nitrogens is 2. The summed E-state index contributed by atoms with van der Waals surface area (Å²) in [6.45, 7) is -0.760. The summed E-state index contributed by atoms with van der Waals surface area (Å²) in [4.78, 5) is 44.8. The Balaban J connectivity index is 1.53. The van der Waals surface area contributed by atoms with Crippen molar-refractivity contribution in [3.05, 3.63) is 46.5 Å². The van der Waals surface area contributed by atoms with E-state index in [0.717, 1.165) is 11.1 Å². The summed E-state index contributed by atoms with van der Waals surface area (Å²) in [6, 6.07) is 4.78. The van der Waals surface area contributed by atoms with Crippen LogP contribution in [0.25, 0.3) is 0 Å². The van der Waals surface area contributed by atoms with Gasteiger partial charge in [-0.25, -0.2) is 23.0 Å². The maximum atomic E-state index is 13.6. The van der Waals surface area contributed by atoms with Gasteiger partial charge in [-0.15, -0.1) is 0 Å². The summed E-state index contributed by atoms with van der Waals surface area (Å²) in [5, 5.41) is 18.9. The van der Waals surface area contributed by atoms with E-state index >= 15 is 0 Å². The second-order valence-corrected chi connectivity index (χ2v) is 7.90. The van der Waals surface area contributed by atoms with Crippen LogP contribution in [0.3, 0.4) is 0 Å². The average Bonchev–Trinajstić information content (AvgIpc) is 3.13. The zero-order valence-electron chi connectivity index (χ0n) is 18.4. The van der Waals surface area contributed by atoms with Crippen LogP contribution in [-0.2, 0) is 29.1 Å². The maximum Gasteiger partial charge on any atom is 0.322 e. The molecule has 11 nitrogen and oxygen atoms in total. The Morgan fingerprint density at radius 1 is 1.37 bits per heavy atom. The molecule has 0 saturated carbocycles. The molecule has 0 saturated heterocycles. The predicted octanol–water partition coefficient (Wildman–Crippen LogP) is 1.25. The minimum absolute atomic E-state index is 0.0185. The Morgan fingerprint density at radius 3 is 2.86 bits per heavy atom. The van der Waals surface area contributed by atoms with Gasteiger partial charge in [0, 0.05) is 31.3 Å². The van der Waals surface area contributed by atoms with Crippen molar-refractivity contribution in [2.45, 2.75) is 32.0 Å². The quantitative estimate of drug-likeness (QED) is 0.662. The van der Waals surface area contributed by atoms with Gasteiger partial charge in [0.1, 0.15) is 17.6 Å². The fourth-order valence-electron chi connectivity index (χ4n) is 3.86. The molecule has 2 aliphatic rings. The summed E-state index contributed by atoms with van der Waals surface area (Å²) in [5.74, 6) is -2.13. The zero-order valence-corrected chi connectivity index (χ0v) is 18.4. The Labute approximate surface area is 197 Å². The number of rotatable bonds is 4. The molecule has 4 rings (SSSR count). The van der Waals surface area contributed by atoms with Crippen LogP contribution in [0.2, 0.25) is 0 Å². The molecule has 1 aromatic heterocycles. The highest BCUT2D eigenvalue weighted by molar-refractivity contribution is 5.95. The summed E-state index contributed by atoms with van der Waals surface area (Å²) >= 11 is 0. The molecule has 14 heteroatoms. The van der Waals surface area contributed by atoms with E-state index in [1.165, 1.54) is 28.8 Å². The fourth-order valence-corrected chi connectivity index (χ4v) is 3.86. The standard InChI is InChI=1S/C21H20F3N7O4/c1-29-20(33)18-13-9-30(21(34)27-12-2-3-14(22)11(6-12)7-25)5-4-15(13)28-31(18)10-16(35-29)19(32)26-8-17(23)24/h2-3,6,16-17H,4-5,8-10H2,1H3,(H,26,32)(H,27,34). The van der Waals surface area contributed by atoms with E-state index < -0.39 is 42.7 Å².